The molecule has 7 aromatic carbocycles. The average Bonchev–Trinajstić information content (AvgIpc) is 4.21. The molecule has 76 heavy (non-hydrogen) atoms. The highest BCUT2D eigenvalue weighted by atomic mass is 32.1. The molecule has 7 aromatic heterocycles. The Morgan fingerprint density at radius 3 is 1.51 bits per heavy atom. The summed E-state index contributed by atoms with van der Waals surface area (Å²) >= 11 is 1.54. The van der Waals surface area contributed by atoms with Crippen LogP contribution in [0.5, 0.6) is 0 Å². The van der Waals surface area contributed by atoms with Gasteiger partial charge >= 0.3 is 0 Å². The van der Waals surface area contributed by atoms with Crippen molar-refractivity contribution in [2.24, 2.45) is 0 Å². The van der Waals surface area contributed by atoms with Crippen LogP contribution in [0.2, 0.25) is 0 Å². The number of rotatable bonds is 9. The third kappa shape index (κ3) is 7.64. The van der Waals surface area contributed by atoms with Crippen LogP contribution in [0.25, 0.3) is 140 Å². The number of pyridine rings is 2. The Hall–Kier alpha value is -10.1. The van der Waals surface area contributed by atoms with Crippen molar-refractivity contribution in [1.82, 2.24) is 49.2 Å². The quantitative estimate of drug-likeness (QED) is 0.140. The van der Waals surface area contributed by atoms with Gasteiger partial charge in [-0.3, -0.25) is 19.1 Å². The maximum Gasteiger partial charge on any atom is 0.235 e. The topological polar surface area (TPSA) is 113 Å². The lowest BCUT2D eigenvalue weighted by Crippen LogP contribution is -2.28. The molecule has 0 atom stereocenters. The van der Waals surface area contributed by atoms with Gasteiger partial charge in [0.15, 0.2) is 0 Å². The molecular formula is C65H42N10S. The molecule has 0 saturated carbocycles. The first kappa shape index (κ1) is 44.6. The van der Waals surface area contributed by atoms with Crippen LogP contribution in [0.1, 0.15) is 11.9 Å². The van der Waals surface area contributed by atoms with Gasteiger partial charge in [-0.05, 0) is 67.6 Å². The zero-order chi connectivity index (χ0) is 50.7. The molecule has 11 heteroatoms. The van der Waals surface area contributed by atoms with Gasteiger partial charge in [0.05, 0.1) is 55.7 Å². The second kappa shape index (κ2) is 18.4. The van der Waals surface area contributed by atoms with E-state index < -0.39 is 0 Å². The van der Waals surface area contributed by atoms with Gasteiger partial charge in [-0.2, -0.15) is 0 Å². The summed E-state index contributed by atoms with van der Waals surface area (Å²) in [5.41, 5.74) is 14.0. The first-order chi connectivity index (χ1) is 37.5. The number of hydrogen-bond acceptors (Lipinski definition) is 9. The maximum absolute atomic E-state index is 5.38. The largest absolute Gasteiger partial charge is 0.278 e. The Kier molecular flexibility index (Phi) is 10.8. The van der Waals surface area contributed by atoms with Gasteiger partial charge < -0.3 is 0 Å². The van der Waals surface area contributed by atoms with Gasteiger partial charge in [-0.1, -0.05) is 170 Å². The molecular weight excluding hydrogens is 953 g/mol. The van der Waals surface area contributed by atoms with Crippen molar-refractivity contribution in [3.63, 3.8) is 0 Å². The number of benzene rings is 7. The highest BCUT2D eigenvalue weighted by molar-refractivity contribution is 7.15. The summed E-state index contributed by atoms with van der Waals surface area (Å²) in [7, 11) is 0. The van der Waals surface area contributed by atoms with Crippen molar-refractivity contribution in [3.8, 4) is 67.5 Å². The summed E-state index contributed by atoms with van der Waals surface area (Å²) < 4.78 is 4.29. The van der Waals surface area contributed by atoms with E-state index in [1.54, 1.807) is 0 Å². The number of nitrogens with zero attached hydrogens (tertiary/aromatic N) is 10. The summed E-state index contributed by atoms with van der Waals surface area (Å²) in [5.74, 6) is 1.12. The fourth-order valence-electron chi connectivity index (χ4n) is 10.3. The highest BCUT2D eigenvalue weighted by Gasteiger charge is 2.21. The van der Waals surface area contributed by atoms with E-state index >= 15 is 0 Å². The van der Waals surface area contributed by atoms with Crippen molar-refractivity contribution in [3.05, 3.63) is 234 Å². The van der Waals surface area contributed by atoms with Crippen LogP contribution >= 0.6 is 11.3 Å². The van der Waals surface area contributed by atoms with E-state index in [1.807, 2.05) is 98.2 Å². The predicted molar refractivity (Wildman–Crippen MR) is 309 cm³/mol. The fourth-order valence-corrected chi connectivity index (χ4v) is 11.2. The second-order valence-electron chi connectivity index (χ2n) is 18.5. The summed E-state index contributed by atoms with van der Waals surface area (Å²) in [6.07, 6.45) is 7.84. The normalized spacial score (nSPS) is 12.2. The van der Waals surface area contributed by atoms with Gasteiger partial charge in [0.25, 0.3) is 0 Å². The first-order valence-electron chi connectivity index (χ1n) is 25.0. The standard InChI is InChI=1S/C65H42N10S/c1-3-41(38-58-40(2)47-16-6-10-24-56(47)74(58)64-68-54-22-8-4-18-50(54)60(70-64)44-30-26-42(27-31-44)52-20-12-14-36-66-52)62-72-73-63(76-62)46-34-35-49-48-17-7-11-25-57(48)75(59(49)39-46)65-69-55-23-9-5-19-51(55)61(71-65)45-32-28-43(29-33-45)53-21-13-15-37-67-53/h3-39H,2H2,1H3/b41-3+,58-38+. The lowest BCUT2D eigenvalue weighted by Gasteiger charge is -2.12. The summed E-state index contributed by atoms with van der Waals surface area (Å²) in [4.78, 5) is 30.3. The predicted octanol–water partition coefficient (Wildman–Crippen LogP) is 13.9. The monoisotopic (exact) mass is 994 g/mol. The molecule has 0 saturated heterocycles. The molecule has 0 amide bonds. The van der Waals surface area contributed by atoms with Crippen LogP contribution in [0.4, 0.5) is 0 Å². The number of fused-ring (bicyclic) bond motifs is 6. The molecule has 0 fully saturated rings. The van der Waals surface area contributed by atoms with Gasteiger partial charge in [0, 0.05) is 77.9 Å². The van der Waals surface area contributed by atoms with E-state index in [-0.39, 0.29) is 0 Å². The molecule has 10 nitrogen and oxygen atoms in total. The third-order valence-electron chi connectivity index (χ3n) is 14.0. The first-order valence-corrected chi connectivity index (χ1v) is 25.8. The highest BCUT2D eigenvalue weighted by Crippen LogP contribution is 2.38. The molecule has 0 bridgehead atoms. The van der Waals surface area contributed by atoms with Crippen molar-refractivity contribution in [1.29, 1.82) is 0 Å². The minimum Gasteiger partial charge on any atom is -0.278 e. The van der Waals surface area contributed by atoms with Gasteiger partial charge in [0.1, 0.15) is 10.0 Å². The van der Waals surface area contributed by atoms with Crippen LogP contribution in [0, 0.1) is 0 Å². The number of hydrogen-bond donors (Lipinski definition) is 0. The Balaban J connectivity index is 0.868. The molecule has 0 aliphatic rings. The molecule has 14 aromatic rings. The smallest absolute Gasteiger partial charge is 0.235 e. The van der Waals surface area contributed by atoms with Crippen molar-refractivity contribution < 1.29 is 0 Å². The minimum absolute atomic E-state index is 0.540. The molecule has 358 valence electrons. The van der Waals surface area contributed by atoms with E-state index in [1.165, 1.54) is 11.3 Å². The van der Waals surface area contributed by atoms with Gasteiger partial charge in [-0.15, -0.1) is 10.2 Å². The zero-order valence-corrected chi connectivity index (χ0v) is 41.8. The molecule has 0 N–H and O–H groups in total. The Bertz CT molecular complexity index is 4720. The van der Waals surface area contributed by atoms with Crippen LogP contribution < -0.4 is 10.6 Å². The zero-order valence-electron chi connectivity index (χ0n) is 40.9. The van der Waals surface area contributed by atoms with Crippen LogP contribution in [0.15, 0.2) is 219 Å². The lowest BCUT2D eigenvalue weighted by atomic mass is 10.0. The molecule has 0 spiro atoms. The van der Waals surface area contributed by atoms with Crippen LogP contribution in [-0.2, 0) is 0 Å². The van der Waals surface area contributed by atoms with E-state index in [9.17, 15) is 0 Å². The van der Waals surface area contributed by atoms with Crippen molar-refractivity contribution in [2.75, 3.05) is 0 Å². The third-order valence-corrected chi connectivity index (χ3v) is 15.1. The lowest BCUT2D eigenvalue weighted by molar-refractivity contribution is 0.952. The van der Waals surface area contributed by atoms with Crippen molar-refractivity contribution in [2.45, 2.75) is 6.92 Å². The number of aromatic nitrogens is 10. The molecule has 0 unspecified atom stereocenters. The van der Waals surface area contributed by atoms with E-state index in [2.05, 4.69) is 159 Å². The fraction of sp³-hybridized carbons (Fsp3) is 0.0154. The average molecular weight is 995 g/mol. The Morgan fingerprint density at radius 1 is 0.447 bits per heavy atom. The Labute approximate surface area is 439 Å². The minimum atomic E-state index is 0.540. The number of para-hydroxylation sites is 4. The molecule has 7 heterocycles. The summed E-state index contributed by atoms with van der Waals surface area (Å²) in [6.45, 7) is 6.68. The Morgan fingerprint density at radius 2 is 0.934 bits per heavy atom. The van der Waals surface area contributed by atoms with Gasteiger partial charge in [0.2, 0.25) is 11.9 Å². The number of allylic oxidation sites excluding steroid dienone is 2. The van der Waals surface area contributed by atoms with E-state index in [0.717, 1.165) is 131 Å². The van der Waals surface area contributed by atoms with Crippen LogP contribution in [0.3, 0.4) is 0 Å². The molecule has 0 aliphatic heterocycles. The summed E-state index contributed by atoms with van der Waals surface area (Å²) in [6, 6.07) is 68.3. The molecule has 14 rings (SSSR count). The maximum atomic E-state index is 5.38. The van der Waals surface area contributed by atoms with Crippen LogP contribution in [-0.4, -0.2) is 49.2 Å². The summed E-state index contributed by atoms with van der Waals surface area (Å²) in [5, 5.41) is 18.1. The van der Waals surface area contributed by atoms with E-state index in [0.29, 0.717) is 11.9 Å². The molecule has 0 aliphatic carbocycles. The van der Waals surface area contributed by atoms with Crippen molar-refractivity contribution >= 4 is 84.1 Å². The van der Waals surface area contributed by atoms with E-state index in [4.69, 9.17) is 30.1 Å². The second-order valence-corrected chi connectivity index (χ2v) is 19.4. The van der Waals surface area contributed by atoms with Gasteiger partial charge in [-0.25, -0.2) is 19.9 Å². The SMILES string of the molecule is C=c1/c(=C\C(=C/C)c2nnc(-c3ccc4c5ccccc5n(-c5nc(-c6ccc(-c7ccccn7)cc6)c6ccccc6n5)c4c3)s2)n(-c2nc(-c3ccc(-c4ccccn4)cc3)c3ccccc3n2)c2ccccc12. The molecule has 0 radical (unpaired) electrons.